The molecule has 1 aromatic rings. The number of hydrogen-bond acceptors (Lipinski definition) is 6. The van der Waals surface area contributed by atoms with Gasteiger partial charge in [0.15, 0.2) is 0 Å². The van der Waals surface area contributed by atoms with Crippen LogP contribution in [0.1, 0.15) is 5.56 Å². The maximum absolute atomic E-state index is 10.4. The van der Waals surface area contributed by atoms with Crippen molar-refractivity contribution in [3.8, 4) is 0 Å². The Hall–Kier alpha value is -2.09. The summed E-state index contributed by atoms with van der Waals surface area (Å²) in [6.45, 7) is 2.77. The van der Waals surface area contributed by atoms with E-state index in [0.29, 0.717) is 24.7 Å². The second-order valence-electron chi connectivity index (χ2n) is 3.06. The van der Waals surface area contributed by atoms with E-state index in [9.17, 15) is 4.79 Å². The maximum atomic E-state index is 10.4. The predicted octanol–water partition coefficient (Wildman–Crippen LogP) is -0.849. The normalized spacial score (nSPS) is 9.62. The van der Waals surface area contributed by atoms with E-state index in [4.69, 9.17) is 11.6 Å². The summed E-state index contributed by atoms with van der Waals surface area (Å²) in [4.78, 5) is 18.4. The number of rotatable bonds is 5. The van der Waals surface area contributed by atoms with Crippen molar-refractivity contribution in [1.82, 2.24) is 15.3 Å². The first-order valence-corrected chi connectivity index (χ1v) is 4.70. The number of nitrogen functional groups attached to an aromatic ring is 1. The third-order valence-electron chi connectivity index (χ3n) is 1.94. The third-order valence-corrected chi connectivity index (χ3v) is 1.94. The summed E-state index contributed by atoms with van der Waals surface area (Å²) in [5.41, 5.74) is 8.19. The fraction of sp³-hybridized carbons (Fsp3) is 0.375. The number of nitrogens with zero attached hydrogens (tertiary/aromatic N) is 2. The van der Waals surface area contributed by atoms with Crippen LogP contribution in [0.3, 0.4) is 0 Å². The Labute approximate surface area is 92.8 Å². The Morgan fingerprint density at radius 1 is 1.38 bits per heavy atom. The summed E-state index contributed by atoms with van der Waals surface area (Å²) in [7, 11) is 0. The molecule has 0 unspecified atom stereocenters. The lowest BCUT2D eigenvalue weighted by molar-refractivity contribution is 0.249. The number of anilines is 2. The van der Waals surface area contributed by atoms with Gasteiger partial charge >= 0.3 is 6.03 Å². The van der Waals surface area contributed by atoms with Gasteiger partial charge in [0.05, 0.1) is 0 Å². The van der Waals surface area contributed by atoms with Gasteiger partial charge in [-0.2, -0.15) is 0 Å². The number of carbonyl (C=O) groups excluding carboxylic acids is 1. The molecule has 8 nitrogen and oxygen atoms in total. The molecule has 0 atom stereocenters. The third kappa shape index (κ3) is 3.24. The van der Waals surface area contributed by atoms with Crippen molar-refractivity contribution < 1.29 is 4.79 Å². The van der Waals surface area contributed by atoms with Crippen LogP contribution < -0.4 is 27.6 Å². The number of urea groups is 1. The molecule has 0 fully saturated rings. The molecule has 0 radical (unpaired) electrons. The molecule has 16 heavy (non-hydrogen) atoms. The van der Waals surface area contributed by atoms with E-state index in [-0.39, 0.29) is 0 Å². The monoisotopic (exact) mass is 225 g/mol. The van der Waals surface area contributed by atoms with Gasteiger partial charge in [0.1, 0.15) is 18.0 Å². The van der Waals surface area contributed by atoms with Crippen LogP contribution in [0.5, 0.6) is 0 Å². The molecule has 0 saturated heterocycles. The van der Waals surface area contributed by atoms with Gasteiger partial charge in [-0.3, -0.25) is 0 Å². The molecule has 7 N–H and O–H groups in total. The molecule has 88 valence electrons. The average Bonchev–Trinajstić information content (AvgIpc) is 2.26. The van der Waals surface area contributed by atoms with E-state index in [1.807, 2.05) is 6.92 Å². The number of carbonyl (C=O) groups is 1. The Bertz CT molecular complexity index is 367. The molecule has 0 spiro atoms. The van der Waals surface area contributed by atoms with Crippen molar-refractivity contribution in [2.45, 2.75) is 6.92 Å². The van der Waals surface area contributed by atoms with E-state index >= 15 is 0 Å². The van der Waals surface area contributed by atoms with Gasteiger partial charge in [-0.25, -0.2) is 20.6 Å². The van der Waals surface area contributed by atoms with Crippen LogP contribution in [0.25, 0.3) is 0 Å². The van der Waals surface area contributed by atoms with Crippen LogP contribution in [0, 0.1) is 6.92 Å². The van der Waals surface area contributed by atoms with E-state index < -0.39 is 6.03 Å². The number of hydrazine groups is 1. The van der Waals surface area contributed by atoms with Gasteiger partial charge in [0.2, 0.25) is 0 Å². The highest BCUT2D eigenvalue weighted by atomic mass is 16.2. The lowest BCUT2D eigenvalue weighted by atomic mass is 10.3. The number of amides is 2. The molecule has 0 aromatic carbocycles. The van der Waals surface area contributed by atoms with Crippen molar-refractivity contribution >= 4 is 17.7 Å². The summed E-state index contributed by atoms with van der Waals surface area (Å²) < 4.78 is 0. The summed E-state index contributed by atoms with van der Waals surface area (Å²) in [6, 6.07) is -0.550. The lowest BCUT2D eigenvalue weighted by Crippen LogP contribution is -2.33. The highest BCUT2D eigenvalue weighted by Crippen LogP contribution is 2.16. The van der Waals surface area contributed by atoms with Gasteiger partial charge < -0.3 is 21.8 Å². The molecule has 0 aliphatic rings. The van der Waals surface area contributed by atoms with E-state index in [2.05, 4.69) is 26.0 Å². The minimum absolute atomic E-state index is 0.421. The molecule has 8 heteroatoms. The minimum atomic E-state index is -0.550. The standard InChI is InChI=1S/C8H15N7O/c1-5-6(11-2-3-12-8(9)16)13-4-14-7(5)15-10/h4H,2-3,10H2,1H3,(H3,9,12,16)(H2,11,13,14,15). The first-order valence-electron chi connectivity index (χ1n) is 4.70. The minimum Gasteiger partial charge on any atom is -0.368 e. The number of nitrogens with two attached hydrogens (primary N) is 2. The highest BCUT2D eigenvalue weighted by Gasteiger charge is 2.04. The number of primary amides is 1. The Balaban J connectivity index is 2.50. The molecule has 1 aromatic heterocycles. The molecule has 0 aliphatic heterocycles. The Morgan fingerprint density at radius 3 is 2.69 bits per heavy atom. The topological polar surface area (TPSA) is 131 Å². The molecule has 0 bridgehead atoms. The number of hydrogen-bond donors (Lipinski definition) is 5. The van der Waals surface area contributed by atoms with Gasteiger partial charge in [0.25, 0.3) is 0 Å². The fourth-order valence-electron chi connectivity index (χ4n) is 1.14. The van der Waals surface area contributed by atoms with Crippen molar-refractivity contribution in [2.75, 3.05) is 23.8 Å². The zero-order valence-corrected chi connectivity index (χ0v) is 8.95. The zero-order chi connectivity index (χ0) is 12.0. The maximum Gasteiger partial charge on any atom is 0.312 e. The second kappa shape index (κ2) is 5.71. The van der Waals surface area contributed by atoms with Crippen molar-refractivity contribution in [3.63, 3.8) is 0 Å². The van der Waals surface area contributed by atoms with Crippen LogP contribution in [-0.2, 0) is 0 Å². The quantitative estimate of drug-likeness (QED) is 0.252. The molecule has 0 saturated carbocycles. The lowest BCUT2D eigenvalue weighted by Gasteiger charge is -2.10. The van der Waals surface area contributed by atoms with E-state index in [1.165, 1.54) is 6.33 Å². The Kier molecular flexibility index (Phi) is 4.28. The van der Waals surface area contributed by atoms with Crippen LogP contribution in [0.4, 0.5) is 16.4 Å². The van der Waals surface area contributed by atoms with Crippen LogP contribution >= 0.6 is 0 Å². The summed E-state index contributed by atoms with van der Waals surface area (Å²) in [5.74, 6) is 6.49. The van der Waals surface area contributed by atoms with Crippen LogP contribution in [0.15, 0.2) is 6.33 Å². The van der Waals surface area contributed by atoms with E-state index in [0.717, 1.165) is 5.56 Å². The van der Waals surface area contributed by atoms with Crippen molar-refractivity contribution in [2.24, 2.45) is 11.6 Å². The number of aromatic nitrogens is 2. The SMILES string of the molecule is Cc1c(NN)ncnc1NCCNC(N)=O. The molecule has 0 aliphatic carbocycles. The van der Waals surface area contributed by atoms with Crippen LogP contribution in [-0.4, -0.2) is 29.1 Å². The molecular weight excluding hydrogens is 210 g/mol. The largest absolute Gasteiger partial charge is 0.368 e. The number of nitrogens with one attached hydrogen (secondary N) is 3. The Morgan fingerprint density at radius 2 is 2.06 bits per heavy atom. The van der Waals surface area contributed by atoms with Gasteiger partial charge in [0, 0.05) is 18.7 Å². The molecule has 2 amide bonds. The summed E-state index contributed by atoms with van der Waals surface area (Å²) in [5, 5.41) is 5.48. The van der Waals surface area contributed by atoms with Crippen LogP contribution in [0.2, 0.25) is 0 Å². The molecule has 1 rings (SSSR count). The second-order valence-corrected chi connectivity index (χ2v) is 3.06. The highest BCUT2D eigenvalue weighted by molar-refractivity contribution is 5.71. The summed E-state index contributed by atoms with van der Waals surface area (Å²) >= 11 is 0. The predicted molar refractivity (Wildman–Crippen MR) is 60.7 cm³/mol. The van der Waals surface area contributed by atoms with Gasteiger partial charge in [-0.05, 0) is 6.92 Å². The summed E-state index contributed by atoms with van der Waals surface area (Å²) in [6.07, 6.45) is 1.39. The fourth-order valence-corrected chi connectivity index (χ4v) is 1.14. The zero-order valence-electron chi connectivity index (χ0n) is 8.95. The van der Waals surface area contributed by atoms with Crippen molar-refractivity contribution in [3.05, 3.63) is 11.9 Å². The molecule has 1 heterocycles. The molecular formula is C8H15N7O. The van der Waals surface area contributed by atoms with Gasteiger partial charge in [-0.15, -0.1) is 0 Å². The first-order chi connectivity index (χ1) is 7.65. The average molecular weight is 225 g/mol. The van der Waals surface area contributed by atoms with Crippen molar-refractivity contribution in [1.29, 1.82) is 0 Å². The van der Waals surface area contributed by atoms with Gasteiger partial charge in [-0.1, -0.05) is 0 Å². The first kappa shape index (κ1) is 12.0. The smallest absolute Gasteiger partial charge is 0.312 e. The van der Waals surface area contributed by atoms with E-state index in [1.54, 1.807) is 0 Å².